The van der Waals surface area contributed by atoms with Crippen LogP contribution in [0.5, 0.6) is 0 Å². The number of rotatable bonds is 9. The molecule has 1 aliphatic rings. The Kier molecular flexibility index (Phi) is 8.51. The van der Waals surface area contributed by atoms with Gasteiger partial charge in [0.2, 0.25) is 5.91 Å². The summed E-state index contributed by atoms with van der Waals surface area (Å²) in [7, 11) is 0. The van der Waals surface area contributed by atoms with E-state index < -0.39 is 0 Å². The summed E-state index contributed by atoms with van der Waals surface area (Å²) in [6, 6.07) is 7.66. The number of fused-ring (bicyclic) bond motifs is 1. The van der Waals surface area contributed by atoms with Crippen LogP contribution in [0.2, 0.25) is 5.02 Å². The Labute approximate surface area is 218 Å². The molecular formula is C25H29ClN4O3S2. The maximum Gasteiger partial charge on any atom is 0.341 e. The van der Waals surface area contributed by atoms with Crippen LogP contribution in [0.15, 0.2) is 29.4 Å². The predicted molar refractivity (Wildman–Crippen MR) is 141 cm³/mol. The first kappa shape index (κ1) is 25.7. The summed E-state index contributed by atoms with van der Waals surface area (Å²) in [5.74, 6) is 1.03. The highest BCUT2D eigenvalue weighted by Gasteiger charge is 2.29. The van der Waals surface area contributed by atoms with Crippen LogP contribution < -0.4 is 5.32 Å². The SMILES string of the molecule is CCOC(=O)c1c(NC(=O)CSc2nnc(Cc3ccc(Cl)cc3)n2CC)sc2c1CCC(C)C2. The predicted octanol–water partition coefficient (Wildman–Crippen LogP) is 5.64. The zero-order chi connectivity index (χ0) is 24.9. The van der Waals surface area contributed by atoms with Crippen LogP contribution in [0.25, 0.3) is 0 Å². The van der Waals surface area contributed by atoms with E-state index in [1.807, 2.05) is 35.8 Å². The van der Waals surface area contributed by atoms with Gasteiger partial charge >= 0.3 is 5.97 Å². The molecule has 0 bridgehead atoms. The number of thioether (sulfide) groups is 1. The number of carbonyl (C=O) groups is 2. The fourth-order valence-corrected chi connectivity index (χ4v) is 6.57. The first-order valence-electron chi connectivity index (χ1n) is 11.8. The zero-order valence-electron chi connectivity index (χ0n) is 20.1. The van der Waals surface area contributed by atoms with Gasteiger partial charge in [0.1, 0.15) is 10.8 Å². The van der Waals surface area contributed by atoms with Gasteiger partial charge in [0.25, 0.3) is 0 Å². The van der Waals surface area contributed by atoms with Crippen LogP contribution in [-0.4, -0.2) is 39.0 Å². The lowest BCUT2D eigenvalue weighted by Crippen LogP contribution is -2.18. The van der Waals surface area contributed by atoms with Crippen LogP contribution in [0.1, 0.15) is 59.4 Å². The highest BCUT2D eigenvalue weighted by molar-refractivity contribution is 7.99. The van der Waals surface area contributed by atoms with Gasteiger partial charge in [-0.25, -0.2) is 4.79 Å². The summed E-state index contributed by atoms with van der Waals surface area (Å²) in [4.78, 5) is 26.7. The Hall–Kier alpha value is -2.36. The first-order valence-corrected chi connectivity index (χ1v) is 14.0. The van der Waals surface area contributed by atoms with Crippen molar-refractivity contribution in [3.8, 4) is 0 Å². The minimum Gasteiger partial charge on any atom is -0.462 e. The molecule has 1 atom stereocenters. The van der Waals surface area contributed by atoms with E-state index in [-0.39, 0.29) is 17.6 Å². The molecule has 0 radical (unpaired) electrons. The molecule has 0 fully saturated rings. The molecule has 4 rings (SSSR count). The van der Waals surface area contributed by atoms with Crippen molar-refractivity contribution in [1.29, 1.82) is 0 Å². The van der Waals surface area contributed by atoms with Gasteiger partial charge in [0.05, 0.1) is 17.9 Å². The highest BCUT2D eigenvalue weighted by Crippen LogP contribution is 2.40. The molecule has 7 nitrogen and oxygen atoms in total. The van der Waals surface area contributed by atoms with Crippen molar-refractivity contribution in [2.75, 3.05) is 17.7 Å². The number of nitrogens with zero attached hydrogens (tertiary/aromatic N) is 3. The summed E-state index contributed by atoms with van der Waals surface area (Å²) in [5, 5.41) is 13.6. The van der Waals surface area contributed by atoms with Gasteiger partial charge in [-0.2, -0.15) is 0 Å². The molecule has 0 saturated carbocycles. The number of hydrogen-bond donors (Lipinski definition) is 1. The van der Waals surface area contributed by atoms with E-state index in [2.05, 4.69) is 22.4 Å². The van der Waals surface area contributed by atoms with Crippen LogP contribution >= 0.6 is 34.7 Å². The van der Waals surface area contributed by atoms with Crippen molar-refractivity contribution in [2.45, 2.75) is 58.2 Å². The molecule has 0 aliphatic heterocycles. The molecule has 2 aromatic heterocycles. The molecule has 1 aliphatic carbocycles. The number of halogens is 1. The Morgan fingerprint density at radius 3 is 2.74 bits per heavy atom. The fourth-order valence-electron chi connectivity index (χ4n) is 4.21. The lowest BCUT2D eigenvalue weighted by molar-refractivity contribution is -0.113. The lowest BCUT2D eigenvalue weighted by Gasteiger charge is -2.18. The summed E-state index contributed by atoms with van der Waals surface area (Å²) in [6.45, 7) is 7.03. The van der Waals surface area contributed by atoms with Crippen LogP contribution in [0.4, 0.5) is 5.00 Å². The Morgan fingerprint density at radius 2 is 2.03 bits per heavy atom. The quantitative estimate of drug-likeness (QED) is 0.283. The Balaban J connectivity index is 1.45. The molecule has 2 heterocycles. The second kappa shape index (κ2) is 11.6. The number of amides is 1. The normalized spacial score (nSPS) is 15.0. The number of esters is 1. The summed E-state index contributed by atoms with van der Waals surface area (Å²) < 4.78 is 7.32. The molecular weight excluding hydrogens is 504 g/mol. The number of aromatic nitrogens is 3. The van der Waals surface area contributed by atoms with Crippen molar-refractivity contribution >= 4 is 51.6 Å². The molecule has 186 valence electrons. The topological polar surface area (TPSA) is 86.1 Å². The minimum atomic E-state index is -0.361. The molecule has 35 heavy (non-hydrogen) atoms. The maximum absolute atomic E-state index is 12.9. The second-order valence-electron chi connectivity index (χ2n) is 8.56. The molecule has 10 heteroatoms. The monoisotopic (exact) mass is 532 g/mol. The van der Waals surface area contributed by atoms with Gasteiger partial charge in [0.15, 0.2) is 5.16 Å². The van der Waals surface area contributed by atoms with Gasteiger partial charge in [-0.1, -0.05) is 42.4 Å². The van der Waals surface area contributed by atoms with Crippen molar-refractivity contribution in [2.24, 2.45) is 5.92 Å². The van der Waals surface area contributed by atoms with Crippen LogP contribution in [0, 0.1) is 5.92 Å². The lowest BCUT2D eigenvalue weighted by atomic mass is 9.88. The fraction of sp³-hybridized carbons (Fsp3) is 0.440. The number of carbonyl (C=O) groups excluding carboxylic acids is 2. The number of hydrogen-bond acceptors (Lipinski definition) is 7. The second-order valence-corrected chi connectivity index (χ2v) is 11.0. The Morgan fingerprint density at radius 1 is 1.26 bits per heavy atom. The number of benzene rings is 1. The van der Waals surface area contributed by atoms with E-state index in [4.69, 9.17) is 16.3 Å². The van der Waals surface area contributed by atoms with Gasteiger partial charge in [-0.3, -0.25) is 4.79 Å². The number of ether oxygens (including phenoxy) is 1. The molecule has 0 saturated heterocycles. The molecule has 1 amide bonds. The van der Waals surface area contributed by atoms with Crippen molar-refractivity contribution in [1.82, 2.24) is 14.8 Å². The van der Waals surface area contributed by atoms with Crippen LogP contribution in [-0.2, 0) is 35.3 Å². The largest absolute Gasteiger partial charge is 0.462 e. The van der Waals surface area contributed by atoms with E-state index in [1.165, 1.54) is 28.0 Å². The van der Waals surface area contributed by atoms with Crippen molar-refractivity contribution in [3.05, 3.63) is 56.7 Å². The smallest absolute Gasteiger partial charge is 0.341 e. The van der Waals surface area contributed by atoms with Gasteiger partial charge in [0, 0.05) is 22.9 Å². The van der Waals surface area contributed by atoms with Gasteiger partial charge in [-0.15, -0.1) is 21.5 Å². The van der Waals surface area contributed by atoms with Gasteiger partial charge < -0.3 is 14.6 Å². The van der Waals surface area contributed by atoms with Gasteiger partial charge in [-0.05, 0) is 62.3 Å². The molecule has 1 unspecified atom stereocenters. The van der Waals surface area contributed by atoms with Crippen molar-refractivity contribution < 1.29 is 14.3 Å². The third-order valence-corrected chi connectivity index (χ3v) is 8.35. The third kappa shape index (κ3) is 6.08. The molecule has 1 N–H and O–H groups in total. The van der Waals surface area contributed by atoms with E-state index in [1.54, 1.807) is 6.92 Å². The number of anilines is 1. The average molecular weight is 533 g/mol. The number of thiophene rings is 1. The first-order chi connectivity index (χ1) is 16.9. The standard InChI is InChI=1S/C25H29ClN4O3S2/c1-4-30-20(13-16-7-9-17(26)10-8-16)28-29-25(30)34-14-21(31)27-23-22(24(32)33-5-2)18-11-6-15(3)12-19(18)35-23/h7-10,15H,4-6,11-14H2,1-3H3,(H,27,31). The number of nitrogens with one attached hydrogen (secondary N) is 1. The van der Waals surface area contributed by atoms with Crippen LogP contribution in [0.3, 0.4) is 0 Å². The summed E-state index contributed by atoms with van der Waals surface area (Å²) in [5.41, 5.74) is 2.65. The maximum atomic E-state index is 12.9. The van der Waals surface area contributed by atoms with E-state index in [9.17, 15) is 9.59 Å². The average Bonchev–Trinajstić information content (AvgIpc) is 3.38. The van der Waals surface area contributed by atoms with E-state index in [0.29, 0.717) is 46.2 Å². The highest BCUT2D eigenvalue weighted by atomic mass is 35.5. The Bertz CT molecular complexity index is 1210. The van der Waals surface area contributed by atoms with E-state index >= 15 is 0 Å². The van der Waals surface area contributed by atoms with Crippen molar-refractivity contribution in [3.63, 3.8) is 0 Å². The summed E-state index contributed by atoms with van der Waals surface area (Å²) >= 11 is 8.82. The zero-order valence-corrected chi connectivity index (χ0v) is 22.5. The molecule has 1 aromatic carbocycles. The minimum absolute atomic E-state index is 0.167. The third-order valence-electron chi connectivity index (χ3n) is 5.96. The summed E-state index contributed by atoms with van der Waals surface area (Å²) in [6.07, 6.45) is 3.42. The van der Waals surface area contributed by atoms with E-state index in [0.717, 1.165) is 36.2 Å². The molecule has 0 spiro atoms. The molecule has 3 aromatic rings.